The largest absolute Gasteiger partial charge is 0.377 e. The fourth-order valence-electron chi connectivity index (χ4n) is 2.98. The third-order valence-corrected chi connectivity index (χ3v) is 3.89. The van der Waals surface area contributed by atoms with Gasteiger partial charge in [-0.2, -0.15) is 10.2 Å². The Morgan fingerprint density at radius 2 is 2.32 bits per heavy atom. The summed E-state index contributed by atoms with van der Waals surface area (Å²) in [7, 11) is 1.95. The van der Waals surface area contributed by atoms with Gasteiger partial charge in [-0.25, -0.2) is 0 Å². The fourth-order valence-corrected chi connectivity index (χ4v) is 2.98. The van der Waals surface area contributed by atoms with Crippen LogP contribution in [0.2, 0.25) is 0 Å². The Morgan fingerprint density at radius 1 is 1.41 bits per heavy atom. The van der Waals surface area contributed by atoms with Gasteiger partial charge in [0.25, 0.3) is 0 Å². The van der Waals surface area contributed by atoms with Crippen molar-refractivity contribution in [3.8, 4) is 0 Å². The van der Waals surface area contributed by atoms with Gasteiger partial charge in [0, 0.05) is 57.1 Å². The van der Waals surface area contributed by atoms with Gasteiger partial charge >= 0.3 is 0 Å². The number of hydrogen-bond donors (Lipinski definition) is 0. The van der Waals surface area contributed by atoms with Crippen molar-refractivity contribution in [2.75, 3.05) is 19.8 Å². The summed E-state index contributed by atoms with van der Waals surface area (Å²) in [6.45, 7) is 8.74. The third kappa shape index (κ3) is 3.64. The van der Waals surface area contributed by atoms with Gasteiger partial charge in [-0.1, -0.05) is 6.08 Å². The lowest BCUT2D eigenvalue weighted by Gasteiger charge is -2.23. The average Bonchev–Trinajstić information content (AvgIpc) is 3.05. The molecule has 0 bridgehead atoms. The highest BCUT2D eigenvalue weighted by Gasteiger charge is 2.22. The Hall–Kier alpha value is -1.92. The van der Waals surface area contributed by atoms with Gasteiger partial charge in [-0.05, 0) is 6.07 Å². The lowest BCUT2D eigenvalue weighted by atomic mass is 10.1. The van der Waals surface area contributed by atoms with E-state index in [2.05, 4.69) is 38.6 Å². The molecule has 2 aromatic heterocycles. The first-order valence-corrected chi connectivity index (χ1v) is 7.64. The van der Waals surface area contributed by atoms with Crippen molar-refractivity contribution in [1.82, 2.24) is 24.5 Å². The molecule has 1 aliphatic heterocycles. The number of aromatic nitrogens is 4. The van der Waals surface area contributed by atoms with E-state index in [1.807, 2.05) is 24.1 Å². The highest BCUT2D eigenvalue weighted by Crippen LogP contribution is 2.18. The van der Waals surface area contributed by atoms with Crippen molar-refractivity contribution in [3.05, 3.63) is 48.6 Å². The van der Waals surface area contributed by atoms with E-state index in [9.17, 15) is 0 Å². The standard InChI is InChI=1S/C16H23N5O/c1-3-6-22-13-15-10-20(9-14-7-18-19(2)8-14)12-16-4-5-17-21(16)11-15/h3-5,7-8,15H,1,6,9-13H2,2H3/t15-/m0/s1. The van der Waals surface area contributed by atoms with Crippen molar-refractivity contribution in [1.29, 1.82) is 0 Å². The van der Waals surface area contributed by atoms with E-state index in [1.165, 1.54) is 11.3 Å². The summed E-state index contributed by atoms with van der Waals surface area (Å²) >= 11 is 0. The van der Waals surface area contributed by atoms with Crippen molar-refractivity contribution in [2.45, 2.75) is 19.6 Å². The zero-order valence-electron chi connectivity index (χ0n) is 13.1. The van der Waals surface area contributed by atoms with Crippen LogP contribution in [-0.4, -0.2) is 44.2 Å². The van der Waals surface area contributed by atoms with Crippen LogP contribution in [0.25, 0.3) is 0 Å². The molecule has 0 radical (unpaired) electrons. The molecule has 0 saturated heterocycles. The molecule has 0 N–H and O–H groups in total. The normalized spacial score (nSPS) is 18.9. The number of aryl methyl sites for hydroxylation is 1. The molecule has 1 aliphatic rings. The van der Waals surface area contributed by atoms with Crippen LogP contribution in [0, 0.1) is 5.92 Å². The molecule has 0 unspecified atom stereocenters. The smallest absolute Gasteiger partial charge is 0.0645 e. The van der Waals surface area contributed by atoms with Crippen molar-refractivity contribution in [3.63, 3.8) is 0 Å². The first-order valence-electron chi connectivity index (χ1n) is 7.64. The Bertz CT molecular complexity index is 618. The van der Waals surface area contributed by atoms with Gasteiger partial charge in [-0.15, -0.1) is 6.58 Å². The van der Waals surface area contributed by atoms with E-state index in [4.69, 9.17) is 4.74 Å². The quantitative estimate of drug-likeness (QED) is 0.598. The minimum absolute atomic E-state index is 0.428. The minimum atomic E-state index is 0.428. The van der Waals surface area contributed by atoms with Crippen LogP contribution in [0.5, 0.6) is 0 Å². The van der Waals surface area contributed by atoms with Gasteiger partial charge in [0.1, 0.15) is 0 Å². The van der Waals surface area contributed by atoms with Crippen molar-refractivity contribution < 1.29 is 4.74 Å². The van der Waals surface area contributed by atoms with Gasteiger partial charge in [0.2, 0.25) is 0 Å². The summed E-state index contributed by atoms with van der Waals surface area (Å²) in [6.07, 6.45) is 7.69. The molecular weight excluding hydrogens is 278 g/mol. The molecular formula is C16H23N5O. The van der Waals surface area contributed by atoms with E-state index in [0.29, 0.717) is 12.5 Å². The van der Waals surface area contributed by atoms with Crippen LogP contribution in [-0.2, 0) is 31.4 Å². The summed E-state index contributed by atoms with van der Waals surface area (Å²) in [6, 6.07) is 2.10. The Balaban J connectivity index is 1.70. The molecule has 3 rings (SSSR count). The minimum Gasteiger partial charge on any atom is -0.377 e. The van der Waals surface area contributed by atoms with E-state index in [-0.39, 0.29) is 0 Å². The molecule has 0 saturated carbocycles. The number of ether oxygens (including phenoxy) is 1. The summed E-state index contributed by atoms with van der Waals surface area (Å²) in [5, 5.41) is 8.69. The molecule has 0 amide bonds. The predicted octanol–water partition coefficient (Wildman–Crippen LogP) is 1.45. The van der Waals surface area contributed by atoms with Crippen LogP contribution in [0.1, 0.15) is 11.3 Å². The maximum Gasteiger partial charge on any atom is 0.0645 e. The highest BCUT2D eigenvalue weighted by molar-refractivity contribution is 5.06. The second kappa shape index (κ2) is 6.89. The summed E-state index contributed by atoms with van der Waals surface area (Å²) in [4.78, 5) is 2.44. The molecule has 0 aliphatic carbocycles. The van der Waals surface area contributed by atoms with E-state index >= 15 is 0 Å². The SMILES string of the molecule is C=CCOC[C@H]1CN(Cc2cnn(C)c2)Cc2ccnn2C1. The average molecular weight is 301 g/mol. The maximum absolute atomic E-state index is 5.67. The van der Waals surface area contributed by atoms with Gasteiger partial charge in [0.05, 0.1) is 25.1 Å². The van der Waals surface area contributed by atoms with Gasteiger partial charge in [0.15, 0.2) is 0 Å². The van der Waals surface area contributed by atoms with Crippen molar-refractivity contribution >= 4 is 0 Å². The third-order valence-electron chi connectivity index (χ3n) is 3.89. The maximum atomic E-state index is 5.67. The first kappa shape index (κ1) is 15.0. The Morgan fingerprint density at radius 3 is 3.09 bits per heavy atom. The summed E-state index contributed by atoms with van der Waals surface area (Å²) < 4.78 is 9.62. The molecule has 6 nitrogen and oxygen atoms in total. The second-order valence-electron chi connectivity index (χ2n) is 5.89. The van der Waals surface area contributed by atoms with Gasteiger partial charge in [-0.3, -0.25) is 14.3 Å². The fraction of sp³-hybridized carbons (Fsp3) is 0.500. The Kier molecular flexibility index (Phi) is 4.70. The van der Waals surface area contributed by atoms with Crippen LogP contribution in [0.4, 0.5) is 0 Å². The topological polar surface area (TPSA) is 48.1 Å². The van der Waals surface area contributed by atoms with Crippen LogP contribution >= 0.6 is 0 Å². The molecule has 1 atom stereocenters. The number of rotatable bonds is 6. The molecule has 118 valence electrons. The zero-order valence-corrected chi connectivity index (χ0v) is 13.1. The Labute approximate surface area is 131 Å². The van der Waals surface area contributed by atoms with Gasteiger partial charge < -0.3 is 4.74 Å². The van der Waals surface area contributed by atoms with E-state index < -0.39 is 0 Å². The molecule has 0 fully saturated rings. The highest BCUT2D eigenvalue weighted by atomic mass is 16.5. The molecule has 0 spiro atoms. The molecule has 22 heavy (non-hydrogen) atoms. The number of fused-ring (bicyclic) bond motifs is 1. The molecule has 2 aromatic rings. The lowest BCUT2D eigenvalue weighted by molar-refractivity contribution is 0.0932. The van der Waals surface area contributed by atoms with Crippen LogP contribution < -0.4 is 0 Å². The molecule has 6 heteroatoms. The van der Waals surface area contributed by atoms with E-state index in [1.54, 1.807) is 6.08 Å². The number of hydrogen-bond acceptors (Lipinski definition) is 4. The van der Waals surface area contributed by atoms with Crippen LogP contribution in [0.3, 0.4) is 0 Å². The van der Waals surface area contributed by atoms with E-state index in [0.717, 1.165) is 32.8 Å². The first-order chi connectivity index (χ1) is 10.7. The predicted molar refractivity (Wildman–Crippen MR) is 84.1 cm³/mol. The summed E-state index contributed by atoms with van der Waals surface area (Å²) in [5.74, 6) is 0.428. The zero-order chi connectivity index (χ0) is 15.4. The van der Waals surface area contributed by atoms with Crippen molar-refractivity contribution in [2.24, 2.45) is 13.0 Å². The summed E-state index contributed by atoms with van der Waals surface area (Å²) in [5.41, 5.74) is 2.50. The molecule has 0 aromatic carbocycles. The number of nitrogens with zero attached hydrogens (tertiary/aromatic N) is 5. The second-order valence-corrected chi connectivity index (χ2v) is 5.89. The van der Waals surface area contributed by atoms with Crippen LogP contribution in [0.15, 0.2) is 37.3 Å². The lowest BCUT2D eigenvalue weighted by Crippen LogP contribution is -2.30. The molecule has 3 heterocycles. The monoisotopic (exact) mass is 301 g/mol.